The Morgan fingerprint density at radius 1 is 1.05 bits per heavy atom. The first-order valence-corrected chi connectivity index (χ1v) is 8.20. The zero-order valence-corrected chi connectivity index (χ0v) is 13.4. The number of aromatic nitrogens is 1. The molecular formula is C16H14NO2PS. The third-order valence-corrected chi connectivity index (χ3v) is 4.36. The SMILES string of the molecule is CSc1ccc(-c2coc(=O)n2-c2ccc(P)cc2)cc1. The lowest BCUT2D eigenvalue weighted by Gasteiger charge is -2.07. The van der Waals surface area contributed by atoms with Crippen LogP contribution in [0.4, 0.5) is 0 Å². The Morgan fingerprint density at radius 3 is 2.33 bits per heavy atom. The van der Waals surface area contributed by atoms with Crippen molar-refractivity contribution in [3.8, 4) is 16.9 Å². The van der Waals surface area contributed by atoms with Crippen LogP contribution < -0.4 is 11.1 Å². The summed E-state index contributed by atoms with van der Waals surface area (Å²) in [5.41, 5.74) is 2.50. The van der Waals surface area contributed by atoms with E-state index in [1.807, 2.05) is 54.8 Å². The van der Waals surface area contributed by atoms with Gasteiger partial charge in [0.1, 0.15) is 6.26 Å². The van der Waals surface area contributed by atoms with Crippen molar-refractivity contribution >= 4 is 26.3 Å². The van der Waals surface area contributed by atoms with Crippen molar-refractivity contribution in [2.24, 2.45) is 0 Å². The molecule has 3 rings (SSSR count). The number of nitrogens with zero attached hydrogens (tertiary/aromatic N) is 1. The van der Waals surface area contributed by atoms with Crippen LogP contribution in [0.2, 0.25) is 0 Å². The molecular weight excluding hydrogens is 301 g/mol. The second-order valence-corrected chi connectivity index (χ2v) is 6.09. The van der Waals surface area contributed by atoms with Crippen molar-refractivity contribution in [3.05, 3.63) is 65.3 Å². The van der Waals surface area contributed by atoms with Crippen molar-refractivity contribution in [2.45, 2.75) is 4.90 Å². The highest BCUT2D eigenvalue weighted by molar-refractivity contribution is 7.98. The van der Waals surface area contributed by atoms with E-state index in [4.69, 9.17) is 4.42 Å². The zero-order chi connectivity index (χ0) is 14.8. The fourth-order valence-electron chi connectivity index (χ4n) is 2.14. The monoisotopic (exact) mass is 315 g/mol. The predicted molar refractivity (Wildman–Crippen MR) is 90.9 cm³/mol. The van der Waals surface area contributed by atoms with Crippen molar-refractivity contribution in [1.29, 1.82) is 0 Å². The molecule has 0 N–H and O–H groups in total. The van der Waals surface area contributed by atoms with E-state index in [2.05, 4.69) is 9.24 Å². The molecule has 0 aliphatic carbocycles. The molecule has 5 heteroatoms. The molecule has 0 amide bonds. The average molecular weight is 315 g/mol. The minimum Gasteiger partial charge on any atom is -0.415 e. The van der Waals surface area contributed by atoms with Gasteiger partial charge < -0.3 is 4.42 Å². The van der Waals surface area contributed by atoms with Gasteiger partial charge in [0.15, 0.2) is 0 Å². The molecule has 1 aromatic heterocycles. The molecule has 0 spiro atoms. The second kappa shape index (κ2) is 5.92. The molecule has 0 fully saturated rings. The summed E-state index contributed by atoms with van der Waals surface area (Å²) in [5.74, 6) is -0.379. The molecule has 1 heterocycles. The van der Waals surface area contributed by atoms with Crippen molar-refractivity contribution in [3.63, 3.8) is 0 Å². The number of oxazole rings is 1. The molecule has 0 bridgehead atoms. The lowest BCUT2D eigenvalue weighted by molar-refractivity contribution is 0.504. The molecule has 0 saturated carbocycles. The van der Waals surface area contributed by atoms with E-state index in [0.717, 1.165) is 22.2 Å². The van der Waals surface area contributed by atoms with Crippen LogP contribution in [0.15, 0.2) is 68.9 Å². The molecule has 0 radical (unpaired) electrons. The standard InChI is InChI=1S/C16H14NO2PS/c1-21-14-8-2-11(3-9-14)15-10-19-16(18)17(15)12-4-6-13(20)7-5-12/h2-10H,20H2,1H3. The van der Waals surface area contributed by atoms with Crippen molar-refractivity contribution in [2.75, 3.05) is 6.26 Å². The number of rotatable bonds is 3. The summed E-state index contributed by atoms with van der Waals surface area (Å²) in [5, 5.41) is 1.07. The summed E-state index contributed by atoms with van der Waals surface area (Å²) in [6.07, 6.45) is 3.54. The van der Waals surface area contributed by atoms with Crippen LogP contribution in [-0.2, 0) is 0 Å². The molecule has 2 aromatic carbocycles. The van der Waals surface area contributed by atoms with Crippen LogP contribution in [0.1, 0.15) is 0 Å². The van der Waals surface area contributed by atoms with Gasteiger partial charge in [-0.15, -0.1) is 21.0 Å². The van der Waals surface area contributed by atoms with Gasteiger partial charge in [-0.1, -0.05) is 24.3 Å². The van der Waals surface area contributed by atoms with Crippen LogP contribution in [-0.4, -0.2) is 10.8 Å². The smallest absolute Gasteiger partial charge is 0.415 e. The molecule has 1 atom stereocenters. The van der Waals surface area contributed by atoms with E-state index >= 15 is 0 Å². The third-order valence-electron chi connectivity index (χ3n) is 3.23. The maximum Gasteiger partial charge on any atom is 0.424 e. The predicted octanol–water partition coefficient (Wildman–Crippen LogP) is 3.32. The van der Waals surface area contributed by atoms with Gasteiger partial charge in [-0.05, 0) is 35.8 Å². The molecule has 106 valence electrons. The Bertz CT molecular complexity index is 804. The highest BCUT2D eigenvalue weighted by Gasteiger charge is 2.12. The number of thioether (sulfide) groups is 1. The van der Waals surface area contributed by atoms with E-state index in [-0.39, 0.29) is 5.76 Å². The molecule has 0 saturated heterocycles. The van der Waals surface area contributed by atoms with E-state index in [9.17, 15) is 4.79 Å². The van der Waals surface area contributed by atoms with Crippen LogP contribution in [0.5, 0.6) is 0 Å². The topological polar surface area (TPSA) is 35.1 Å². The third kappa shape index (κ3) is 2.82. The van der Waals surface area contributed by atoms with Crippen LogP contribution in [0, 0.1) is 0 Å². The summed E-state index contributed by atoms with van der Waals surface area (Å²) in [7, 11) is 2.63. The minimum atomic E-state index is -0.379. The van der Waals surface area contributed by atoms with Crippen LogP contribution in [0.3, 0.4) is 0 Å². The Balaban J connectivity index is 2.11. The van der Waals surface area contributed by atoms with Crippen molar-refractivity contribution < 1.29 is 4.42 Å². The van der Waals surface area contributed by atoms with Crippen LogP contribution >= 0.6 is 21.0 Å². The molecule has 3 nitrogen and oxygen atoms in total. The number of benzene rings is 2. The van der Waals surface area contributed by atoms with Gasteiger partial charge in [-0.2, -0.15) is 0 Å². The Kier molecular flexibility index (Phi) is 4.00. The number of hydrogen-bond donors (Lipinski definition) is 0. The van der Waals surface area contributed by atoms with Crippen LogP contribution in [0.25, 0.3) is 16.9 Å². The molecule has 0 aliphatic heterocycles. The zero-order valence-electron chi connectivity index (χ0n) is 11.4. The van der Waals surface area contributed by atoms with Gasteiger partial charge in [-0.25, -0.2) is 9.36 Å². The highest BCUT2D eigenvalue weighted by atomic mass is 32.2. The Labute approximate surface area is 129 Å². The highest BCUT2D eigenvalue weighted by Crippen LogP contribution is 2.24. The summed E-state index contributed by atoms with van der Waals surface area (Å²) in [6.45, 7) is 0. The Hall–Kier alpha value is -1.77. The summed E-state index contributed by atoms with van der Waals surface area (Å²) in [6, 6.07) is 15.8. The first kappa shape index (κ1) is 14.2. The average Bonchev–Trinajstić information content (AvgIpc) is 2.90. The Morgan fingerprint density at radius 2 is 1.71 bits per heavy atom. The molecule has 3 aromatic rings. The van der Waals surface area contributed by atoms with Gasteiger partial charge in [0.25, 0.3) is 0 Å². The summed E-state index contributed by atoms with van der Waals surface area (Å²) in [4.78, 5) is 13.2. The van der Waals surface area contributed by atoms with E-state index < -0.39 is 0 Å². The van der Waals surface area contributed by atoms with Gasteiger partial charge >= 0.3 is 5.76 Å². The van der Waals surface area contributed by atoms with Crippen molar-refractivity contribution in [1.82, 2.24) is 4.57 Å². The van der Waals surface area contributed by atoms with Gasteiger partial charge in [0, 0.05) is 10.5 Å². The van der Waals surface area contributed by atoms with Gasteiger partial charge in [-0.3, -0.25) is 0 Å². The lowest BCUT2D eigenvalue weighted by Crippen LogP contribution is -2.13. The molecule has 1 unspecified atom stereocenters. The normalized spacial score (nSPS) is 10.8. The molecule has 21 heavy (non-hydrogen) atoms. The van der Waals surface area contributed by atoms with Gasteiger partial charge in [0.2, 0.25) is 0 Å². The fraction of sp³-hybridized carbons (Fsp3) is 0.0625. The van der Waals surface area contributed by atoms with E-state index in [1.54, 1.807) is 16.3 Å². The largest absolute Gasteiger partial charge is 0.424 e. The van der Waals surface area contributed by atoms with E-state index in [0.29, 0.717) is 0 Å². The quantitative estimate of drug-likeness (QED) is 0.549. The second-order valence-electron chi connectivity index (χ2n) is 4.54. The molecule has 0 aliphatic rings. The first-order chi connectivity index (χ1) is 10.2. The van der Waals surface area contributed by atoms with Gasteiger partial charge in [0.05, 0.1) is 11.4 Å². The fourth-order valence-corrected chi connectivity index (χ4v) is 2.74. The lowest BCUT2D eigenvalue weighted by atomic mass is 10.1. The first-order valence-electron chi connectivity index (χ1n) is 6.40. The minimum absolute atomic E-state index is 0.379. The maximum atomic E-state index is 12.0. The number of hydrogen-bond acceptors (Lipinski definition) is 3. The summed E-state index contributed by atoms with van der Waals surface area (Å²) >= 11 is 1.69. The summed E-state index contributed by atoms with van der Waals surface area (Å²) < 4.78 is 6.67. The maximum absolute atomic E-state index is 12.0. The van der Waals surface area contributed by atoms with E-state index in [1.165, 1.54) is 11.2 Å².